The van der Waals surface area contributed by atoms with Gasteiger partial charge in [-0.1, -0.05) is 24.3 Å². The summed E-state index contributed by atoms with van der Waals surface area (Å²) in [7, 11) is 0. The van der Waals surface area contributed by atoms with Gasteiger partial charge in [0.15, 0.2) is 0 Å². The molecule has 4 rings (SSSR count). The number of phenols is 1. The standard InChI is InChI=1S/C21H23NO4/c1-3-25-21(24)19-13(2)22(12-14-7-6-10-26-14)20-16-9-5-4-8-15(16)18(23)11-17(19)20/h4-5,8-9,11,14,23H,3,6-7,10,12H2,1-2H3/t14-/m0/s1. The van der Waals surface area contributed by atoms with Crippen molar-refractivity contribution in [2.45, 2.75) is 39.3 Å². The Balaban J connectivity index is 2.02. The molecule has 1 aromatic heterocycles. The third-order valence-corrected chi connectivity index (χ3v) is 5.19. The third-order valence-electron chi connectivity index (χ3n) is 5.19. The Hall–Kier alpha value is -2.53. The van der Waals surface area contributed by atoms with E-state index in [1.54, 1.807) is 13.0 Å². The number of fused-ring (bicyclic) bond motifs is 3. The molecule has 1 N–H and O–H groups in total. The summed E-state index contributed by atoms with van der Waals surface area (Å²) in [4.78, 5) is 12.6. The van der Waals surface area contributed by atoms with Gasteiger partial charge in [0.05, 0.1) is 23.8 Å². The van der Waals surface area contributed by atoms with Crippen LogP contribution < -0.4 is 0 Å². The second-order valence-electron chi connectivity index (χ2n) is 6.76. The summed E-state index contributed by atoms with van der Waals surface area (Å²) in [6.45, 7) is 5.53. The zero-order chi connectivity index (χ0) is 18.3. The summed E-state index contributed by atoms with van der Waals surface area (Å²) < 4.78 is 13.3. The Bertz CT molecular complexity index is 983. The van der Waals surface area contributed by atoms with Crippen LogP contribution in [0.3, 0.4) is 0 Å². The van der Waals surface area contributed by atoms with E-state index in [1.165, 1.54) is 0 Å². The first-order valence-electron chi connectivity index (χ1n) is 9.14. The molecule has 2 aromatic carbocycles. The molecule has 1 fully saturated rings. The van der Waals surface area contributed by atoms with Gasteiger partial charge in [0, 0.05) is 35.0 Å². The van der Waals surface area contributed by atoms with Crippen LogP contribution in [0.5, 0.6) is 5.75 Å². The minimum atomic E-state index is -0.351. The number of benzene rings is 2. The van der Waals surface area contributed by atoms with Crippen LogP contribution in [-0.2, 0) is 16.0 Å². The van der Waals surface area contributed by atoms with E-state index < -0.39 is 0 Å². The number of nitrogens with zero attached hydrogens (tertiary/aromatic N) is 1. The molecule has 1 atom stereocenters. The number of carbonyl (C=O) groups excluding carboxylic acids is 1. The average Bonchev–Trinajstić information content (AvgIpc) is 3.23. The van der Waals surface area contributed by atoms with Gasteiger partial charge in [0.25, 0.3) is 0 Å². The van der Waals surface area contributed by atoms with Crippen molar-refractivity contribution in [1.82, 2.24) is 4.57 Å². The van der Waals surface area contributed by atoms with Gasteiger partial charge in [-0.05, 0) is 32.8 Å². The highest BCUT2D eigenvalue weighted by atomic mass is 16.5. The summed E-state index contributed by atoms with van der Waals surface area (Å²) in [6.07, 6.45) is 2.23. The van der Waals surface area contributed by atoms with Gasteiger partial charge < -0.3 is 19.1 Å². The lowest BCUT2D eigenvalue weighted by Gasteiger charge is -2.15. The smallest absolute Gasteiger partial charge is 0.340 e. The number of phenolic OH excluding ortho intramolecular Hbond substituents is 1. The number of aromatic hydroxyl groups is 1. The van der Waals surface area contributed by atoms with Crippen LogP contribution in [0.4, 0.5) is 0 Å². The van der Waals surface area contributed by atoms with Crippen LogP contribution in [0.25, 0.3) is 21.7 Å². The predicted molar refractivity (Wildman–Crippen MR) is 101 cm³/mol. The van der Waals surface area contributed by atoms with Gasteiger partial charge in [0.1, 0.15) is 5.75 Å². The molecule has 0 aliphatic carbocycles. The van der Waals surface area contributed by atoms with Crippen molar-refractivity contribution in [2.75, 3.05) is 13.2 Å². The van der Waals surface area contributed by atoms with Crippen LogP contribution in [0, 0.1) is 6.92 Å². The van der Waals surface area contributed by atoms with E-state index >= 15 is 0 Å². The van der Waals surface area contributed by atoms with E-state index in [1.807, 2.05) is 31.2 Å². The SMILES string of the molecule is CCOC(=O)c1c(C)n(C[C@@H]2CCCO2)c2c1cc(O)c1ccccc12. The molecule has 0 spiro atoms. The number of hydrogen-bond donors (Lipinski definition) is 1. The minimum Gasteiger partial charge on any atom is -0.507 e. The molecule has 1 aliphatic rings. The summed E-state index contributed by atoms with van der Waals surface area (Å²) in [6, 6.07) is 9.41. The maximum Gasteiger partial charge on any atom is 0.340 e. The number of esters is 1. The first-order valence-corrected chi connectivity index (χ1v) is 9.14. The van der Waals surface area contributed by atoms with Gasteiger partial charge in [0.2, 0.25) is 0 Å². The second-order valence-corrected chi connectivity index (χ2v) is 6.76. The molecular weight excluding hydrogens is 330 g/mol. The van der Waals surface area contributed by atoms with Gasteiger partial charge in [-0.3, -0.25) is 0 Å². The molecule has 5 nitrogen and oxygen atoms in total. The van der Waals surface area contributed by atoms with Gasteiger partial charge >= 0.3 is 5.97 Å². The normalized spacial score (nSPS) is 17.2. The number of rotatable bonds is 4. The molecular formula is C21H23NO4. The number of carbonyl (C=O) groups is 1. The zero-order valence-corrected chi connectivity index (χ0v) is 15.1. The monoisotopic (exact) mass is 353 g/mol. The summed E-state index contributed by atoms with van der Waals surface area (Å²) in [5.41, 5.74) is 2.33. The van der Waals surface area contributed by atoms with E-state index in [2.05, 4.69) is 4.57 Å². The average molecular weight is 353 g/mol. The minimum absolute atomic E-state index is 0.145. The zero-order valence-electron chi connectivity index (χ0n) is 15.1. The van der Waals surface area contributed by atoms with Crippen molar-refractivity contribution < 1.29 is 19.4 Å². The number of hydrogen-bond acceptors (Lipinski definition) is 4. The number of aromatic nitrogens is 1. The Morgan fingerprint density at radius 1 is 1.31 bits per heavy atom. The maximum atomic E-state index is 12.6. The van der Waals surface area contributed by atoms with Crippen LogP contribution in [0.2, 0.25) is 0 Å². The van der Waals surface area contributed by atoms with Gasteiger partial charge in [-0.25, -0.2) is 4.79 Å². The van der Waals surface area contributed by atoms with Crippen molar-refractivity contribution >= 4 is 27.6 Å². The summed E-state index contributed by atoms with van der Waals surface area (Å²) in [5, 5.41) is 12.9. The molecule has 0 radical (unpaired) electrons. The lowest BCUT2D eigenvalue weighted by molar-refractivity contribution is 0.0526. The van der Waals surface area contributed by atoms with Crippen LogP contribution in [0.1, 0.15) is 35.8 Å². The van der Waals surface area contributed by atoms with Gasteiger partial charge in [-0.15, -0.1) is 0 Å². The lowest BCUT2D eigenvalue weighted by atomic mass is 10.0. The number of ether oxygens (including phenoxy) is 2. The van der Waals surface area contributed by atoms with Crippen molar-refractivity contribution in [1.29, 1.82) is 0 Å². The Morgan fingerprint density at radius 2 is 2.08 bits per heavy atom. The molecule has 2 heterocycles. The summed E-state index contributed by atoms with van der Waals surface area (Å²) in [5.74, 6) is -0.177. The molecule has 5 heteroatoms. The molecule has 1 aliphatic heterocycles. The highest BCUT2D eigenvalue weighted by molar-refractivity contribution is 6.16. The largest absolute Gasteiger partial charge is 0.507 e. The highest BCUT2D eigenvalue weighted by Crippen LogP contribution is 2.38. The van der Waals surface area contributed by atoms with Crippen LogP contribution in [0.15, 0.2) is 30.3 Å². The van der Waals surface area contributed by atoms with E-state index in [4.69, 9.17) is 9.47 Å². The molecule has 26 heavy (non-hydrogen) atoms. The van der Waals surface area contributed by atoms with E-state index in [-0.39, 0.29) is 17.8 Å². The Kier molecular flexibility index (Phi) is 4.32. The molecule has 0 unspecified atom stereocenters. The fraction of sp³-hybridized carbons (Fsp3) is 0.381. The van der Waals surface area contributed by atoms with Crippen molar-refractivity contribution in [3.63, 3.8) is 0 Å². The molecule has 136 valence electrons. The van der Waals surface area contributed by atoms with Gasteiger partial charge in [-0.2, -0.15) is 0 Å². The van der Waals surface area contributed by atoms with Crippen molar-refractivity contribution in [2.24, 2.45) is 0 Å². The maximum absolute atomic E-state index is 12.6. The van der Waals surface area contributed by atoms with Crippen molar-refractivity contribution in [3.8, 4) is 5.75 Å². The lowest BCUT2D eigenvalue weighted by Crippen LogP contribution is -2.16. The quantitative estimate of drug-likeness (QED) is 0.715. The molecule has 3 aromatic rings. The Morgan fingerprint density at radius 3 is 2.77 bits per heavy atom. The topological polar surface area (TPSA) is 60.7 Å². The van der Waals surface area contributed by atoms with Crippen LogP contribution in [-0.4, -0.2) is 35.0 Å². The predicted octanol–water partition coefficient (Wildman–Crippen LogP) is 4.16. The molecule has 1 saturated heterocycles. The highest BCUT2D eigenvalue weighted by Gasteiger charge is 2.26. The van der Waals surface area contributed by atoms with E-state index in [9.17, 15) is 9.90 Å². The van der Waals surface area contributed by atoms with E-state index in [0.717, 1.165) is 46.8 Å². The molecule has 0 bridgehead atoms. The van der Waals surface area contributed by atoms with E-state index in [0.29, 0.717) is 18.7 Å². The third kappa shape index (κ3) is 2.63. The second kappa shape index (κ2) is 6.65. The van der Waals surface area contributed by atoms with Crippen LogP contribution >= 0.6 is 0 Å². The Labute approximate surface area is 152 Å². The van der Waals surface area contributed by atoms with Crippen molar-refractivity contribution in [3.05, 3.63) is 41.6 Å². The fourth-order valence-electron chi connectivity index (χ4n) is 4.00. The fourth-order valence-corrected chi connectivity index (χ4v) is 4.00. The molecule has 0 amide bonds. The first kappa shape index (κ1) is 16.9. The first-order chi connectivity index (χ1) is 12.6. The molecule has 0 saturated carbocycles. The summed E-state index contributed by atoms with van der Waals surface area (Å²) >= 11 is 0.